The first-order chi connectivity index (χ1) is 7.62. The van der Waals surface area contributed by atoms with Crippen LogP contribution in [0.5, 0.6) is 0 Å². The highest BCUT2D eigenvalue weighted by molar-refractivity contribution is 5.43. The van der Waals surface area contributed by atoms with Crippen molar-refractivity contribution < 1.29 is 0 Å². The molecule has 0 bridgehead atoms. The molecule has 1 nitrogen and oxygen atoms in total. The van der Waals surface area contributed by atoms with E-state index in [0.717, 1.165) is 5.92 Å². The van der Waals surface area contributed by atoms with Gasteiger partial charge in [0, 0.05) is 6.04 Å². The summed E-state index contributed by atoms with van der Waals surface area (Å²) in [5, 5.41) is 0. The molecular weight excluding hydrogens is 194 g/mol. The lowest BCUT2D eigenvalue weighted by Gasteiger charge is -2.40. The third-order valence-corrected chi connectivity index (χ3v) is 4.78. The van der Waals surface area contributed by atoms with Gasteiger partial charge in [0.15, 0.2) is 0 Å². The van der Waals surface area contributed by atoms with Gasteiger partial charge >= 0.3 is 0 Å². The molecule has 1 fully saturated rings. The van der Waals surface area contributed by atoms with Crippen molar-refractivity contribution in [3.05, 3.63) is 35.4 Å². The summed E-state index contributed by atoms with van der Waals surface area (Å²) in [6.45, 7) is 6.11. The molecule has 1 heteroatoms. The number of benzene rings is 1. The lowest BCUT2D eigenvalue weighted by Crippen LogP contribution is -2.38. The highest BCUT2D eigenvalue weighted by atomic mass is 15.1. The molecular formula is C15H21N. The molecule has 2 atom stereocenters. The molecule has 0 N–H and O–H groups in total. The van der Waals surface area contributed by atoms with Crippen LogP contribution in [-0.2, 0) is 5.41 Å². The second-order valence-electron chi connectivity index (χ2n) is 5.98. The van der Waals surface area contributed by atoms with E-state index in [1.165, 1.54) is 19.4 Å². The quantitative estimate of drug-likeness (QED) is 0.641. The van der Waals surface area contributed by atoms with Crippen LogP contribution in [0.3, 0.4) is 0 Å². The number of hydrogen-bond donors (Lipinski definition) is 0. The molecule has 0 amide bonds. The minimum atomic E-state index is 0.357. The Hall–Kier alpha value is -0.820. The summed E-state index contributed by atoms with van der Waals surface area (Å²) >= 11 is 0. The van der Waals surface area contributed by atoms with E-state index in [4.69, 9.17) is 0 Å². The maximum absolute atomic E-state index is 2.56. The highest BCUT2D eigenvalue weighted by Crippen LogP contribution is 2.54. The van der Waals surface area contributed by atoms with E-state index in [1.807, 2.05) is 0 Å². The molecule has 1 aliphatic carbocycles. The van der Waals surface area contributed by atoms with Crippen LogP contribution in [-0.4, -0.2) is 18.5 Å². The zero-order valence-corrected chi connectivity index (χ0v) is 10.5. The van der Waals surface area contributed by atoms with Crippen LogP contribution < -0.4 is 0 Å². The summed E-state index contributed by atoms with van der Waals surface area (Å²) in [5.74, 6) is 0.809. The van der Waals surface area contributed by atoms with Gasteiger partial charge in [-0.05, 0) is 48.9 Å². The van der Waals surface area contributed by atoms with Gasteiger partial charge in [-0.2, -0.15) is 0 Å². The van der Waals surface area contributed by atoms with E-state index in [-0.39, 0.29) is 0 Å². The zero-order chi connectivity index (χ0) is 11.3. The molecule has 86 valence electrons. The van der Waals surface area contributed by atoms with Crippen molar-refractivity contribution >= 4 is 0 Å². The first kappa shape index (κ1) is 10.3. The van der Waals surface area contributed by atoms with Gasteiger partial charge < -0.3 is 0 Å². The molecule has 0 unspecified atom stereocenters. The second-order valence-corrected chi connectivity index (χ2v) is 5.98. The Morgan fingerprint density at radius 1 is 1.25 bits per heavy atom. The SMILES string of the molecule is CN1CCC[C@H]2[C@H]1c1ccccc1C2(C)C. The van der Waals surface area contributed by atoms with E-state index < -0.39 is 0 Å². The van der Waals surface area contributed by atoms with Gasteiger partial charge in [0.05, 0.1) is 0 Å². The molecule has 3 rings (SSSR count). The van der Waals surface area contributed by atoms with Gasteiger partial charge in [-0.25, -0.2) is 0 Å². The molecule has 0 radical (unpaired) electrons. The van der Waals surface area contributed by atoms with Crippen LogP contribution in [0.4, 0.5) is 0 Å². The fourth-order valence-electron chi connectivity index (χ4n) is 3.92. The largest absolute Gasteiger partial charge is 0.299 e. The lowest BCUT2D eigenvalue weighted by atomic mass is 9.74. The summed E-state index contributed by atoms with van der Waals surface area (Å²) in [5.41, 5.74) is 3.52. The van der Waals surface area contributed by atoms with Crippen LogP contribution >= 0.6 is 0 Å². The first-order valence-corrected chi connectivity index (χ1v) is 6.42. The third kappa shape index (κ3) is 1.21. The fraction of sp³-hybridized carbons (Fsp3) is 0.600. The maximum atomic E-state index is 2.56. The maximum Gasteiger partial charge on any atom is 0.0384 e. The molecule has 1 aromatic rings. The van der Waals surface area contributed by atoms with Crippen molar-refractivity contribution in [3.8, 4) is 0 Å². The van der Waals surface area contributed by atoms with Crippen molar-refractivity contribution in [2.75, 3.05) is 13.6 Å². The predicted molar refractivity (Wildman–Crippen MR) is 67.6 cm³/mol. The van der Waals surface area contributed by atoms with Gasteiger partial charge in [0.2, 0.25) is 0 Å². The van der Waals surface area contributed by atoms with Crippen LogP contribution in [0.1, 0.15) is 43.9 Å². The highest BCUT2D eigenvalue weighted by Gasteiger charge is 2.48. The minimum Gasteiger partial charge on any atom is -0.299 e. The van der Waals surface area contributed by atoms with E-state index in [1.54, 1.807) is 11.1 Å². The molecule has 1 aromatic carbocycles. The summed E-state index contributed by atoms with van der Waals surface area (Å²) in [4.78, 5) is 2.56. The van der Waals surface area contributed by atoms with E-state index in [9.17, 15) is 0 Å². The van der Waals surface area contributed by atoms with Crippen LogP contribution in [0.2, 0.25) is 0 Å². The number of piperidine rings is 1. The Kier molecular flexibility index (Phi) is 2.16. The number of nitrogens with zero attached hydrogens (tertiary/aromatic N) is 1. The summed E-state index contributed by atoms with van der Waals surface area (Å²) in [6.07, 6.45) is 2.74. The van der Waals surface area contributed by atoms with Crippen molar-refractivity contribution in [2.45, 2.75) is 38.1 Å². The van der Waals surface area contributed by atoms with Crippen molar-refractivity contribution in [1.82, 2.24) is 4.90 Å². The number of likely N-dealkylation sites (tertiary alicyclic amines) is 1. The second kappa shape index (κ2) is 3.33. The van der Waals surface area contributed by atoms with E-state index >= 15 is 0 Å². The molecule has 0 spiro atoms. The number of rotatable bonds is 0. The first-order valence-electron chi connectivity index (χ1n) is 6.42. The van der Waals surface area contributed by atoms with Gasteiger partial charge in [-0.3, -0.25) is 4.90 Å². The molecule has 1 aliphatic heterocycles. The normalized spacial score (nSPS) is 32.2. The standard InChI is InChI=1S/C15H21N/c1-15(2)12-8-5-4-7-11(12)14-13(15)9-6-10-16(14)3/h4-5,7-8,13-14H,6,9-10H2,1-3H3/t13-,14+/m0/s1. The zero-order valence-electron chi connectivity index (χ0n) is 10.5. The summed E-state index contributed by atoms with van der Waals surface area (Å²) in [6, 6.07) is 9.72. The topological polar surface area (TPSA) is 3.24 Å². The Labute approximate surface area is 98.5 Å². The average molecular weight is 215 g/mol. The fourth-order valence-corrected chi connectivity index (χ4v) is 3.92. The smallest absolute Gasteiger partial charge is 0.0384 e. The molecule has 16 heavy (non-hydrogen) atoms. The molecule has 1 heterocycles. The Morgan fingerprint density at radius 2 is 2.00 bits per heavy atom. The van der Waals surface area contributed by atoms with E-state index in [2.05, 4.69) is 50.1 Å². The van der Waals surface area contributed by atoms with Crippen molar-refractivity contribution in [3.63, 3.8) is 0 Å². The van der Waals surface area contributed by atoms with Gasteiger partial charge in [-0.15, -0.1) is 0 Å². The van der Waals surface area contributed by atoms with Gasteiger partial charge in [0.25, 0.3) is 0 Å². The summed E-state index contributed by atoms with van der Waals surface area (Å²) < 4.78 is 0. The summed E-state index contributed by atoms with van der Waals surface area (Å²) in [7, 11) is 2.29. The van der Waals surface area contributed by atoms with Gasteiger partial charge in [-0.1, -0.05) is 38.1 Å². The molecule has 0 saturated carbocycles. The van der Waals surface area contributed by atoms with Crippen LogP contribution in [0.25, 0.3) is 0 Å². The Bertz CT molecular complexity index is 408. The molecule has 1 saturated heterocycles. The Morgan fingerprint density at radius 3 is 2.81 bits per heavy atom. The number of hydrogen-bond acceptors (Lipinski definition) is 1. The number of fused-ring (bicyclic) bond motifs is 3. The van der Waals surface area contributed by atoms with Gasteiger partial charge in [0.1, 0.15) is 0 Å². The third-order valence-electron chi connectivity index (χ3n) is 4.78. The minimum absolute atomic E-state index is 0.357. The van der Waals surface area contributed by atoms with Crippen LogP contribution in [0.15, 0.2) is 24.3 Å². The average Bonchev–Trinajstić information content (AvgIpc) is 2.51. The molecule has 0 aromatic heterocycles. The predicted octanol–water partition coefficient (Wildman–Crippen LogP) is 3.36. The van der Waals surface area contributed by atoms with E-state index in [0.29, 0.717) is 11.5 Å². The Balaban J connectivity index is 2.15. The van der Waals surface area contributed by atoms with Crippen molar-refractivity contribution in [1.29, 1.82) is 0 Å². The van der Waals surface area contributed by atoms with Crippen molar-refractivity contribution in [2.24, 2.45) is 5.92 Å². The van der Waals surface area contributed by atoms with Crippen LogP contribution in [0, 0.1) is 5.92 Å². The molecule has 2 aliphatic rings. The monoisotopic (exact) mass is 215 g/mol. The lowest BCUT2D eigenvalue weighted by molar-refractivity contribution is 0.0967.